The zero-order valence-corrected chi connectivity index (χ0v) is 17.5. The van der Waals surface area contributed by atoms with Gasteiger partial charge in [0.1, 0.15) is 23.8 Å². The highest BCUT2D eigenvalue weighted by molar-refractivity contribution is 5.94. The van der Waals surface area contributed by atoms with Gasteiger partial charge in [0.05, 0.1) is 11.4 Å². The lowest BCUT2D eigenvalue weighted by Gasteiger charge is -2.36. The summed E-state index contributed by atoms with van der Waals surface area (Å²) in [6.45, 7) is 2.59. The molecule has 1 amide bonds. The quantitative estimate of drug-likeness (QED) is 0.480. The molecule has 2 aromatic heterocycles. The van der Waals surface area contributed by atoms with Crippen LogP contribution in [0.1, 0.15) is 16.1 Å². The van der Waals surface area contributed by atoms with E-state index in [0.717, 1.165) is 11.3 Å². The third-order valence-electron chi connectivity index (χ3n) is 5.64. The summed E-state index contributed by atoms with van der Waals surface area (Å²) >= 11 is 0. The zero-order valence-electron chi connectivity index (χ0n) is 17.5. The van der Waals surface area contributed by atoms with Crippen molar-refractivity contribution < 1.29 is 13.9 Å². The molecule has 6 nitrogen and oxygen atoms in total. The number of ether oxygens (including phenoxy) is 1. The summed E-state index contributed by atoms with van der Waals surface area (Å²) < 4.78 is 21.9. The molecule has 5 rings (SSSR count). The highest BCUT2D eigenvalue weighted by Gasteiger charge is 2.23. The minimum absolute atomic E-state index is 0.0450. The first-order chi connectivity index (χ1) is 15.7. The predicted octanol–water partition coefficient (Wildman–Crippen LogP) is 4.01. The van der Waals surface area contributed by atoms with Crippen LogP contribution < -0.4 is 9.64 Å². The van der Waals surface area contributed by atoms with E-state index in [9.17, 15) is 9.18 Å². The molecule has 1 fully saturated rings. The van der Waals surface area contributed by atoms with Crippen LogP contribution in [0.5, 0.6) is 5.75 Å². The van der Waals surface area contributed by atoms with Gasteiger partial charge in [0.25, 0.3) is 5.91 Å². The normalized spacial score (nSPS) is 14.0. The number of benzene rings is 2. The smallest absolute Gasteiger partial charge is 0.254 e. The Morgan fingerprint density at radius 2 is 1.78 bits per heavy atom. The molecule has 0 spiro atoms. The number of carbonyl (C=O) groups excluding carboxylic acids is 1. The number of fused-ring (bicyclic) bond motifs is 1. The lowest BCUT2D eigenvalue weighted by Crippen LogP contribution is -2.49. The van der Waals surface area contributed by atoms with Crippen molar-refractivity contribution in [3.05, 3.63) is 96.2 Å². The maximum atomic E-state index is 14.1. The minimum Gasteiger partial charge on any atom is -0.487 e. The van der Waals surface area contributed by atoms with Gasteiger partial charge in [0, 0.05) is 44.1 Å². The number of halogens is 1. The fraction of sp³-hybridized carbons (Fsp3) is 0.200. The van der Waals surface area contributed by atoms with Gasteiger partial charge in [-0.3, -0.25) is 4.79 Å². The van der Waals surface area contributed by atoms with E-state index in [2.05, 4.69) is 4.98 Å². The molecule has 0 aliphatic carbocycles. The number of hydrogen-bond acceptors (Lipinski definition) is 4. The van der Waals surface area contributed by atoms with Crippen LogP contribution in [0.25, 0.3) is 5.65 Å². The van der Waals surface area contributed by atoms with E-state index in [1.165, 1.54) is 6.07 Å². The van der Waals surface area contributed by atoms with E-state index >= 15 is 0 Å². The van der Waals surface area contributed by atoms with Gasteiger partial charge < -0.3 is 18.9 Å². The Morgan fingerprint density at radius 3 is 2.59 bits per heavy atom. The van der Waals surface area contributed by atoms with Gasteiger partial charge in [-0.25, -0.2) is 9.37 Å². The monoisotopic (exact) mass is 430 g/mol. The van der Waals surface area contributed by atoms with E-state index in [-0.39, 0.29) is 11.7 Å². The van der Waals surface area contributed by atoms with E-state index in [1.807, 2.05) is 58.1 Å². The SMILES string of the molecule is O=C(c1cccc(OCc2cn3ccccc3n2)c1)N1CCN(c2ccccc2F)CC1. The van der Waals surface area contributed by atoms with E-state index < -0.39 is 0 Å². The summed E-state index contributed by atoms with van der Waals surface area (Å²) in [4.78, 5) is 21.3. The Labute approximate surface area is 185 Å². The summed E-state index contributed by atoms with van der Waals surface area (Å²) in [5.41, 5.74) is 2.85. The maximum absolute atomic E-state index is 14.1. The number of anilines is 1. The highest BCUT2D eigenvalue weighted by atomic mass is 19.1. The van der Waals surface area contributed by atoms with Gasteiger partial charge in [-0.05, 0) is 42.5 Å². The molecular weight excluding hydrogens is 407 g/mol. The lowest BCUT2D eigenvalue weighted by molar-refractivity contribution is 0.0746. The molecule has 32 heavy (non-hydrogen) atoms. The van der Waals surface area contributed by atoms with Crippen molar-refractivity contribution in [2.75, 3.05) is 31.1 Å². The Bertz CT molecular complexity index is 1210. The van der Waals surface area contributed by atoms with Crippen LogP contribution in [0.15, 0.2) is 79.1 Å². The third-order valence-corrected chi connectivity index (χ3v) is 5.64. The molecular formula is C25H23FN4O2. The fourth-order valence-electron chi connectivity index (χ4n) is 3.97. The van der Waals surface area contributed by atoms with Crippen LogP contribution in [0.3, 0.4) is 0 Å². The zero-order chi connectivity index (χ0) is 21.9. The number of aromatic nitrogens is 2. The van der Waals surface area contributed by atoms with Crippen LogP contribution in [-0.4, -0.2) is 46.4 Å². The molecule has 7 heteroatoms. The first-order valence-corrected chi connectivity index (χ1v) is 10.6. The Balaban J connectivity index is 1.21. The Hall–Kier alpha value is -3.87. The van der Waals surface area contributed by atoms with Gasteiger partial charge in [0.15, 0.2) is 0 Å². The number of pyridine rings is 1. The van der Waals surface area contributed by atoms with E-state index in [1.54, 1.807) is 29.2 Å². The highest BCUT2D eigenvalue weighted by Crippen LogP contribution is 2.22. The summed E-state index contributed by atoms with van der Waals surface area (Å²) in [7, 11) is 0. The number of nitrogens with zero attached hydrogens (tertiary/aromatic N) is 4. The summed E-state index contributed by atoms with van der Waals surface area (Å²) in [5, 5.41) is 0. The first-order valence-electron chi connectivity index (χ1n) is 10.6. The van der Waals surface area contributed by atoms with Crippen molar-refractivity contribution in [2.45, 2.75) is 6.61 Å². The molecule has 0 atom stereocenters. The predicted molar refractivity (Wildman–Crippen MR) is 120 cm³/mol. The molecule has 0 saturated carbocycles. The van der Waals surface area contributed by atoms with Gasteiger partial charge in [-0.1, -0.05) is 24.3 Å². The third kappa shape index (κ3) is 4.14. The molecule has 1 aliphatic rings. The van der Waals surface area contributed by atoms with Crippen LogP contribution >= 0.6 is 0 Å². The van der Waals surface area contributed by atoms with E-state index in [0.29, 0.717) is 49.8 Å². The van der Waals surface area contributed by atoms with Gasteiger partial charge in [-0.15, -0.1) is 0 Å². The number of para-hydroxylation sites is 1. The van der Waals surface area contributed by atoms with Crippen molar-refractivity contribution in [3.63, 3.8) is 0 Å². The number of carbonyl (C=O) groups is 1. The number of piperazine rings is 1. The number of imidazole rings is 1. The summed E-state index contributed by atoms with van der Waals surface area (Å²) in [6, 6.07) is 19.8. The number of hydrogen-bond donors (Lipinski definition) is 0. The van der Waals surface area contributed by atoms with Crippen molar-refractivity contribution in [2.24, 2.45) is 0 Å². The molecule has 0 bridgehead atoms. The second-order valence-electron chi connectivity index (χ2n) is 7.75. The average Bonchev–Trinajstić information content (AvgIpc) is 3.26. The standard InChI is InChI=1S/C25H23FN4O2/c26-22-8-1-2-9-23(22)28-12-14-29(15-13-28)25(31)19-6-5-7-21(16-19)32-18-20-17-30-11-4-3-10-24(30)27-20/h1-11,16-17H,12-15,18H2. The van der Waals surface area contributed by atoms with Gasteiger partial charge >= 0.3 is 0 Å². The molecule has 4 aromatic rings. The molecule has 162 valence electrons. The largest absolute Gasteiger partial charge is 0.487 e. The average molecular weight is 430 g/mol. The lowest BCUT2D eigenvalue weighted by atomic mass is 10.1. The van der Waals surface area contributed by atoms with Crippen LogP contribution in [0.4, 0.5) is 10.1 Å². The molecule has 0 unspecified atom stereocenters. The Morgan fingerprint density at radius 1 is 0.969 bits per heavy atom. The molecule has 3 heterocycles. The maximum Gasteiger partial charge on any atom is 0.254 e. The van der Waals surface area contributed by atoms with Crippen molar-refractivity contribution in [3.8, 4) is 5.75 Å². The Kier molecular flexibility index (Phi) is 5.46. The van der Waals surface area contributed by atoms with Crippen LogP contribution in [0, 0.1) is 5.82 Å². The van der Waals surface area contributed by atoms with Crippen molar-refractivity contribution >= 4 is 17.2 Å². The molecule has 0 radical (unpaired) electrons. The number of rotatable bonds is 5. The van der Waals surface area contributed by atoms with Crippen LogP contribution in [-0.2, 0) is 6.61 Å². The fourth-order valence-corrected chi connectivity index (χ4v) is 3.97. The first kappa shape index (κ1) is 20.1. The number of amides is 1. The summed E-state index contributed by atoms with van der Waals surface area (Å²) in [5.74, 6) is 0.344. The molecule has 2 aromatic carbocycles. The topological polar surface area (TPSA) is 50.1 Å². The second-order valence-corrected chi connectivity index (χ2v) is 7.75. The van der Waals surface area contributed by atoms with Crippen LogP contribution in [0.2, 0.25) is 0 Å². The molecule has 1 aliphatic heterocycles. The van der Waals surface area contributed by atoms with Gasteiger partial charge in [-0.2, -0.15) is 0 Å². The molecule has 0 N–H and O–H groups in total. The van der Waals surface area contributed by atoms with Gasteiger partial charge in [0.2, 0.25) is 0 Å². The summed E-state index contributed by atoms with van der Waals surface area (Å²) in [6.07, 6.45) is 3.87. The minimum atomic E-state index is -0.234. The van der Waals surface area contributed by atoms with E-state index in [4.69, 9.17) is 4.74 Å². The molecule has 1 saturated heterocycles. The van der Waals surface area contributed by atoms with Crippen molar-refractivity contribution in [1.82, 2.24) is 14.3 Å². The van der Waals surface area contributed by atoms with Crippen molar-refractivity contribution in [1.29, 1.82) is 0 Å². The second kappa shape index (κ2) is 8.70.